The molecule has 110 valence electrons. The molecule has 1 aliphatic rings. The van der Waals surface area contributed by atoms with Gasteiger partial charge in [0, 0.05) is 36.1 Å². The van der Waals surface area contributed by atoms with E-state index >= 15 is 0 Å². The number of hydrogen-bond acceptors (Lipinski definition) is 4. The van der Waals surface area contributed by atoms with Crippen LogP contribution < -0.4 is 10.6 Å². The summed E-state index contributed by atoms with van der Waals surface area (Å²) in [6.07, 6.45) is 1.76. The molecule has 1 amide bonds. The van der Waals surface area contributed by atoms with Crippen LogP contribution in [0.1, 0.15) is 5.69 Å². The SMILES string of the molecule is O=C(Cc1coc(-c2ccc(Cl)cc2)n1)NCC1CNC1. The van der Waals surface area contributed by atoms with Gasteiger partial charge in [0.05, 0.1) is 12.1 Å². The highest BCUT2D eigenvalue weighted by atomic mass is 35.5. The van der Waals surface area contributed by atoms with Crippen LogP contribution >= 0.6 is 11.6 Å². The fourth-order valence-corrected chi connectivity index (χ4v) is 2.22. The normalized spacial score (nSPS) is 14.7. The van der Waals surface area contributed by atoms with Gasteiger partial charge in [-0.15, -0.1) is 0 Å². The van der Waals surface area contributed by atoms with Crippen LogP contribution in [0.2, 0.25) is 5.02 Å². The van der Waals surface area contributed by atoms with E-state index < -0.39 is 0 Å². The molecule has 2 heterocycles. The predicted octanol–water partition coefficient (Wildman–Crippen LogP) is 1.87. The molecule has 1 aromatic heterocycles. The lowest BCUT2D eigenvalue weighted by molar-refractivity contribution is -0.120. The summed E-state index contributed by atoms with van der Waals surface area (Å²) in [5.41, 5.74) is 1.47. The van der Waals surface area contributed by atoms with Crippen molar-refractivity contribution in [1.82, 2.24) is 15.6 Å². The molecule has 0 radical (unpaired) electrons. The molecule has 0 bridgehead atoms. The van der Waals surface area contributed by atoms with E-state index in [0.29, 0.717) is 29.1 Å². The summed E-state index contributed by atoms with van der Waals surface area (Å²) in [5.74, 6) is 1.02. The van der Waals surface area contributed by atoms with E-state index in [9.17, 15) is 4.79 Å². The number of nitrogens with zero attached hydrogens (tertiary/aromatic N) is 1. The van der Waals surface area contributed by atoms with Crippen molar-refractivity contribution in [1.29, 1.82) is 0 Å². The molecule has 1 saturated heterocycles. The van der Waals surface area contributed by atoms with Gasteiger partial charge in [0.2, 0.25) is 11.8 Å². The Balaban J connectivity index is 1.56. The molecule has 1 fully saturated rings. The second-order valence-electron chi connectivity index (χ2n) is 5.16. The summed E-state index contributed by atoms with van der Waals surface area (Å²) in [4.78, 5) is 16.1. The summed E-state index contributed by atoms with van der Waals surface area (Å²) in [6, 6.07) is 7.23. The zero-order valence-corrected chi connectivity index (χ0v) is 12.2. The van der Waals surface area contributed by atoms with Crippen molar-refractivity contribution in [2.45, 2.75) is 6.42 Å². The Morgan fingerprint density at radius 1 is 1.38 bits per heavy atom. The second kappa shape index (κ2) is 6.28. The van der Waals surface area contributed by atoms with E-state index in [4.69, 9.17) is 16.0 Å². The molecule has 0 unspecified atom stereocenters. The van der Waals surface area contributed by atoms with Crippen LogP contribution in [0.3, 0.4) is 0 Å². The maximum absolute atomic E-state index is 11.8. The van der Waals surface area contributed by atoms with Crippen molar-refractivity contribution in [3.63, 3.8) is 0 Å². The molecular formula is C15H16ClN3O2. The number of aromatic nitrogens is 1. The number of rotatable bonds is 5. The number of nitrogens with one attached hydrogen (secondary N) is 2. The van der Waals surface area contributed by atoms with E-state index in [1.807, 2.05) is 12.1 Å². The minimum absolute atomic E-state index is 0.0298. The lowest BCUT2D eigenvalue weighted by Gasteiger charge is -2.26. The predicted molar refractivity (Wildman–Crippen MR) is 80.0 cm³/mol. The molecule has 1 aliphatic heterocycles. The molecule has 6 heteroatoms. The second-order valence-corrected chi connectivity index (χ2v) is 5.59. The largest absolute Gasteiger partial charge is 0.444 e. The van der Waals surface area contributed by atoms with E-state index in [1.54, 1.807) is 12.1 Å². The lowest BCUT2D eigenvalue weighted by Crippen LogP contribution is -2.48. The first-order valence-corrected chi connectivity index (χ1v) is 7.26. The number of amides is 1. The van der Waals surface area contributed by atoms with Gasteiger partial charge in [-0.05, 0) is 24.3 Å². The highest BCUT2D eigenvalue weighted by molar-refractivity contribution is 6.30. The van der Waals surface area contributed by atoms with Crippen molar-refractivity contribution in [3.8, 4) is 11.5 Å². The molecule has 0 atom stereocenters. The number of oxazole rings is 1. The molecule has 2 aromatic rings. The number of hydrogen-bond donors (Lipinski definition) is 2. The van der Waals surface area contributed by atoms with Gasteiger partial charge in [-0.25, -0.2) is 4.98 Å². The average Bonchev–Trinajstić information content (AvgIpc) is 2.86. The molecule has 3 rings (SSSR count). The van der Waals surface area contributed by atoms with Crippen LogP contribution in [-0.4, -0.2) is 30.5 Å². The number of carbonyl (C=O) groups is 1. The summed E-state index contributed by atoms with van der Waals surface area (Å²) in [6.45, 7) is 2.67. The molecule has 21 heavy (non-hydrogen) atoms. The molecule has 0 aliphatic carbocycles. The monoisotopic (exact) mass is 305 g/mol. The molecule has 1 aromatic carbocycles. The quantitative estimate of drug-likeness (QED) is 0.885. The first kappa shape index (κ1) is 14.1. The van der Waals surface area contributed by atoms with Crippen molar-refractivity contribution < 1.29 is 9.21 Å². The maximum atomic E-state index is 11.8. The fraction of sp³-hybridized carbons (Fsp3) is 0.333. The van der Waals surface area contributed by atoms with Crippen molar-refractivity contribution in [2.75, 3.05) is 19.6 Å². The minimum atomic E-state index is -0.0298. The van der Waals surface area contributed by atoms with Crippen LogP contribution in [0.15, 0.2) is 34.9 Å². The van der Waals surface area contributed by atoms with Gasteiger partial charge >= 0.3 is 0 Å². The Morgan fingerprint density at radius 2 is 2.14 bits per heavy atom. The van der Waals surface area contributed by atoms with Crippen molar-refractivity contribution in [3.05, 3.63) is 41.2 Å². The van der Waals surface area contributed by atoms with E-state index in [-0.39, 0.29) is 12.3 Å². The highest BCUT2D eigenvalue weighted by Crippen LogP contribution is 2.21. The van der Waals surface area contributed by atoms with Gasteiger partial charge in [0.1, 0.15) is 6.26 Å². The molecular weight excluding hydrogens is 290 g/mol. The molecule has 0 saturated carbocycles. The third-order valence-electron chi connectivity index (χ3n) is 3.44. The number of carbonyl (C=O) groups excluding carboxylic acids is 1. The van der Waals surface area contributed by atoms with Gasteiger partial charge in [-0.3, -0.25) is 4.79 Å². The van der Waals surface area contributed by atoms with Gasteiger partial charge in [0.15, 0.2) is 0 Å². The first-order valence-electron chi connectivity index (χ1n) is 6.88. The Hall–Kier alpha value is -1.85. The minimum Gasteiger partial charge on any atom is -0.444 e. The van der Waals surface area contributed by atoms with Crippen LogP contribution in [0, 0.1) is 5.92 Å². The third kappa shape index (κ3) is 3.62. The Bertz CT molecular complexity index is 620. The molecule has 5 nitrogen and oxygen atoms in total. The van der Waals surface area contributed by atoms with Gasteiger partial charge in [-0.1, -0.05) is 11.6 Å². The average molecular weight is 306 g/mol. The van der Waals surface area contributed by atoms with Crippen LogP contribution in [0.4, 0.5) is 0 Å². The molecule has 2 N–H and O–H groups in total. The zero-order valence-electron chi connectivity index (χ0n) is 11.4. The van der Waals surface area contributed by atoms with Crippen LogP contribution in [-0.2, 0) is 11.2 Å². The maximum Gasteiger partial charge on any atom is 0.226 e. The van der Waals surface area contributed by atoms with Crippen molar-refractivity contribution in [2.24, 2.45) is 5.92 Å². The Kier molecular flexibility index (Phi) is 4.22. The van der Waals surface area contributed by atoms with Crippen LogP contribution in [0.5, 0.6) is 0 Å². The Morgan fingerprint density at radius 3 is 2.81 bits per heavy atom. The summed E-state index contributed by atoms with van der Waals surface area (Å²) < 4.78 is 5.41. The summed E-state index contributed by atoms with van der Waals surface area (Å²) >= 11 is 5.84. The van der Waals surface area contributed by atoms with E-state index in [0.717, 1.165) is 18.7 Å². The number of halogens is 1. The third-order valence-corrected chi connectivity index (χ3v) is 3.69. The number of benzene rings is 1. The Labute approximate surface area is 127 Å². The first-order chi connectivity index (χ1) is 10.2. The summed E-state index contributed by atoms with van der Waals surface area (Å²) in [5, 5.41) is 6.75. The lowest BCUT2D eigenvalue weighted by atomic mass is 10.0. The molecule has 0 spiro atoms. The van der Waals surface area contributed by atoms with Crippen LogP contribution in [0.25, 0.3) is 11.5 Å². The summed E-state index contributed by atoms with van der Waals surface area (Å²) in [7, 11) is 0. The van der Waals surface area contributed by atoms with E-state index in [2.05, 4.69) is 15.6 Å². The van der Waals surface area contributed by atoms with Crippen molar-refractivity contribution >= 4 is 17.5 Å². The standard InChI is InChI=1S/C15H16ClN3O2/c16-12-3-1-11(2-4-12)15-19-13(9-21-15)5-14(20)18-8-10-6-17-7-10/h1-4,9-10,17H,5-8H2,(H,18,20). The topological polar surface area (TPSA) is 67.2 Å². The van der Waals surface area contributed by atoms with Gasteiger partial charge in [-0.2, -0.15) is 0 Å². The zero-order chi connectivity index (χ0) is 14.7. The van der Waals surface area contributed by atoms with E-state index in [1.165, 1.54) is 6.26 Å². The van der Waals surface area contributed by atoms with Gasteiger partial charge in [0.25, 0.3) is 0 Å². The smallest absolute Gasteiger partial charge is 0.226 e. The van der Waals surface area contributed by atoms with Gasteiger partial charge < -0.3 is 15.1 Å². The fourth-order valence-electron chi connectivity index (χ4n) is 2.09. The highest BCUT2D eigenvalue weighted by Gasteiger charge is 2.17.